The number of carbonyl (C=O) groups is 1. The molecule has 1 amide bonds. The van der Waals surface area contributed by atoms with Gasteiger partial charge in [0.25, 0.3) is 0 Å². The molecule has 0 spiro atoms. The molecule has 0 fully saturated rings. The van der Waals surface area contributed by atoms with Crippen LogP contribution in [0.15, 0.2) is 53.8 Å². The molecule has 0 atom stereocenters. The van der Waals surface area contributed by atoms with E-state index in [1.807, 2.05) is 55.2 Å². The number of carbonyl (C=O) groups excluding carboxylic acids is 1. The Morgan fingerprint density at radius 1 is 1.23 bits per heavy atom. The molecule has 1 aliphatic rings. The van der Waals surface area contributed by atoms with Gasteiger partial charge in [0.2, 0.25) is 13.2 Å². The summed E-state index contributed by atoms with van der Waals surface area (Å²) in [5.41, 5.74) is 4.50. The van der Waals surface area contributed by atoms with Crippen molar-refractivity contribution >= 4 is 24.5 Å². The van der Waals surface area contributed by atoms with E-state index in [1.165, 1.54) is 0 Å². The standard InChI is InChI=1S/C19H19N5O2.C3H7NO/c1-20-11-22-19-15(21-2)8-14(9-16(19)24-7-3-6-23-24)13-4-5-17-18(10-13)26-12-25-17;1-2-4-3-5/h3-10,20,22H,2,11-12H2,1H3;3H,2H2,1H3,(H,4,5). The Kier molecular flexibility index (Phi) is 7.61. The molecule has 0 saturated carbocycles. The number of amides is 1. The summed E-state index contributed by atoms with van der Waals surface area (Å²) >= 11 is 0. The van der Waals surface area contributed by atoms with Gasteiger partial charge >= 0.3 is 0 Å². The van der Waals surface area contributed by atoms with E-state index >= 15 is 0 Å². The predicted molar refractivity (Wildman–Crippen MR) is 122 cm³/mol. The van der Waals surface area contributed by atoms with Crippen molar-refractivity contribution in [3.8, 4) is 28.3 Å². The van der Waals surface area contributed by atoms with Crippen LogP contribution in [-0.2, 0) is 4.79 Å². The molecule has 0 radical (unpaired) electrons. The highest BCUT2D eigenvalue weighted by molar-refractivity contribution is 5.84. The minimum absolute atomic E-state index is 0.254. The van der Waals surface area contributed by atoms with Gasteiger partial charge in [-0.25, -0.2) is 4.68 Å². The lowest BCUT2D eigenvalue weighted by atomic mass is 10.0. The highest BCUT2D eigenvalue weighted by atomic mass is 16.7. The number of fused-ring (bicyclic) bond motifs is 1. The molecule has 31 heavy (non-hydrogen) atoms. The topological polar surface area (TPSA) is 102 Å². The van der Waals surface area contributed by atoms with Crippen molar-refractivity contribution in [3.05, 3.63) is 48.8 Å². The predicted octanol–water partition coefficient (Wildman–Crippen LogP) is 2.94. The number of nitrogens with one attached hydrogen (secondary N) is 3. The van der Waals surface area contributed by atoms with Gasteiger partial charge in [0, 0.05) is 18.9 Å². The van der Waals surface area contributed by atoms with Crippen LogP contribution in [0.5, 0.6) is 11.5 Å². The monoisotopic (exact) mass is 422 g/mol. The maximum atomic E-state index is 9.29. The van der Waals surface area contributed by atoms with Crippen LogP contribution in [0.2, 0.25) is 0 Å². The minimum atomic E-state index is 0.254. The van der Waals surface area contributed by atoms with E-state index in [1.54, 1.807) is 6.20 Å². The van der Waals surface area contributed by atoms with Gasteiger partial charge in [-0.15, -0.1) is 0 Å². The molecule has 2 aromatic carbocycles. The highest BCUT2D eigenvalue weighted by Gasteiger charge is 2.17. The van der Waals surface area contributed by atoms with Gasteiger partial charge in [-0.3, -0.25) is 9.79 Å². The Labute approximate surface area is 181 Å². The maximum Gasteiger partial charge on any atom is 0.231 e. The third kappa shape index (κ3) is 5.20. The van der Waals surface area contributed by atoms with Crippen molar-refractivity contribution in [1.29, 1.82) is 0 Å². The second-order valence-corrected chi connectivity index (χ2v) is 6.45. The van der Waals surface area contributed by atoms with E-state index in [-0.39, 0.29) is 6.79 Å². The average molecular weight is 422 g/mol. The van der Waals surface area contributed by atoms with E-state index in [9.17, 15) is 4.79 Å². The molecule has 162 valence electrons. The van der Waals surface area contributed by atoms with Gasteiger partial charge in [0.15, 0.2) is 11.5 Å². The summed E-state index contributed by atoms with van der Waals surface area (Å²) in [7, 11) is 1.88. The fourth-order valence-electron chi connectivity index (χ4n) is 3.01. The molecular weight excluding hydrogens is 396 g/mol. The van der Waals surface area contributed by atoms with Gasteiger partial charge in [-0.1, -0.05) is 6.07 Å². The van der Waals surface area contributed by atoms with Crippen molar-refractivity contribution in [3.63, 3.8) is 0 Å². The fourth-order valence-corrected chi connectivity index (χ4v) is 3.01. The first kappa shape index (κ1) is 21.8. The van der Waals surface area contributed by atoms with Crippen LogP contribution in [0, 0.1) is 0 Å². The molecule has 0 unspecified atom stereocenters. The Hall–Kier alpha value is -3.85. The van der Waals surface area contributed by atoms with Crippen molar-refractivity contribution in [2.45, 2.75) is 6.92 Å². The highest BCUT2D eigenvalue weighted by Crippen LogP contribution is 2.40. The summed E-state index contributed by atoms with van der Waals surface area (Å²) in [4.78, 5) is 13.5. The second kappa shape index (κ2) is 10.8. The number of nitrogens with zero attached hydrogens (tertiary/aromatic N) is 3. The van der Waals surface area contributed by atoms with Gasteiger partial charge in [-0.05, 0) is 62.1 Å². The average Bonchev–Trinajstić information content (AvgIpc) is 3.49. The normalized spacial score (nSPS) is 11.3. The molecule has 3 N–H and O–H groups in total. The first-order valence-electron chi connectivity index (χ1n) is 9.82. The molecule has 0 bridgehead atoms. The minimum Gasteiger partial charge on any atom is -0.454 e. The summed E-state index contributed by atoms with van der Waals surface area (Å²) in [5, 5.41) is 13.2. The molecule has 9 nitrogen and oxygen atoms in total. The second-order valence-electron chi connectivity index (χ2n) is 6.45. The maximum absolute atomic E-state index is 9.29. The smallest absolute Gasteiger partial charge is 0.231 e. The number of hydrogen-bond donors (Lipinski definition) is 3. The summed E-state index contributed by atoms with van der Waals surface area (Å²) in [6, 6.07) is 11.8. The van der Waals surface area contributed by atoms with E-state index in [0.29, 0.717) is 13.1 Å². The molecule has 0 saturated heterocycles. The molecule has 4 rings (SSSR count). The zero-order valence-electron chi connectivity index (χ0n) is 17.6. The van der Waals surface area contributed by atoms with Gasteiger partial charge in [0.1, 0.15) is 0 Å². The van der Waals surface area contributed by atoms with Crippen LogP contribution in [0.1, 0.15) is 6.92 Å². The Bertz CT molecular complexity index is 1020. The zero-order valence-corrected chi connectivity index (χ0v) is 17.6. The first-order valence-corrected chi connectivity index (χ1v) is 9.82. The molecular formula is C22H26N6O3. The van der Waals surface area contributed by atoms with Gasteiger partial charge in [-0.2, -0.15) is 5.10 Å². The number of aliphatic imine (C=N–C) groups is 1. The van der Waals surface area contributed by atoms with E-state index in [2.05, 4.69) is 38.8 Å². The first-order chi connectivity index (χ1) is 15.2. The Morgan fingerprint density at radius 2 is 2.06 bits per heavy atom. The lowest BCUT2D eigenvalue weighted by Crippen LogP contribution is -2.18. The van der Waals surface area contributed by atoms with E-state index in [0.717, 1.165) is 46.2 Å². The van der Waals surface area contributed by atoms with Crippen LogP contribution in [0.3, 0.4) is 0 Å². The van der Waals surface area contributed by atoms with Crippen molar-refractivity contribution in [2.24, 2.45) is 4.99 Å². The van der Waals surface area contributed by atoms with Crippen molar-refractivity contribution in [2.75, 3.05) is 32.4 Å². The van der Waals surface area contributed by atoms with Crippen LogP contribution in [0.4, 0.5) is 11.4 Å². The lowest BCUT2D eigenvalue weighted by Gasteiger charge is -2.17. The molecule has 9 heteroatoms. The van der Waals surface area contributed by atoms with Crippen molar-refractivity contribution < 1.29 is 14.3 Å². The SMILES string of the molecule is C=Nc1cc(-c2ccc3c(c2)OCO3)cc(-n2cccn2)c1NCNC.CCNC=O. The quantitative estimate of drug-likeness (QED) is 0.293. The number of hydrogen-bond acceptors (Lipinski definition) is 7. The molecule has 1 aromatic heterocycles. The third-order valence-corrected chi connectivity index (χ3v) is 4.45. The Morgan fingerprint density at radius 3 is 2.71 bits per heavy atom. The van der Waals surface area contributed by atoms with E-state index in [4.69, 9.17) is 9.47 Å². The molecule has 3 aromatic rings. The van der Waals surface area contributed by atoms with E-state index < -0.39 is 0 Å². The number of aromatic nitrogens is 2. The molecule has 1 aliphatic heterocycles. The summed E-state index contributed by atoms with van der Waals surface area (Å²) in [5.74, 6) is 1.50. The number of ether oxygens (including phenoxy) is 2. The molecule has 0 aliphatic carbocycles. The molecule has 2 heterocycles. The Balaban J connectivity index is 0.000000491. The summed E-state index contributed by atoms with van der Waals surface area (Å²) in [6.07, 6.45) is 4.33. The van der Waals surface area contributed by atoms with Crippen LogP contribution < -0.4 is 25.4 Å². The zero-order chi connectivity index (χ0) is 22.1. The fraction of sp³-hybridized carbons (Fsp3) is 0.227. The summed E-state index contributed by atoms with van der Waals surface area (Å²) in [6.45, 7) is 7.18. The largest absolute Gasteiger partial charge is 0.454 e. The van der Waals surface area contributed by atoms with Gasteiger partial charge in [0.05, 0.1) is 23.7 Å². The van der Waals surface area contributed by atoms with Crippen LogP contribution in [0.25, 0.3) is 16.8 Å². The number of anilines is 1. The third-order valence-electron chi connectivity index (χ3n) is 4.45. The number of benzene rings is 2. The van der Waals surface area contributed by atoms with Gasteiger partial charge < -0.3 is 25.4 Å². The summed E-state index contributed by atoms with van der Waals surface area (Å²) < 4.78 is 12.7. The van der Waals surface area contributed by atoms with Crippen molar-refractivity contribution in [1.82, 2.24) is 20.4 Å². The van der Waals surface area contributed by atoms with Crippen LogP contribution >= 0.6 is 0 Å². The lowest BCUT2D eigenvalue weighted by molar-refractivity contribution is -0.109. The van der Waals surface area contributed by atoms with Crippen LogP contribution in [-0.4, -0.2) is 50.0 Å². The number of rotatable bonds is 8.